The third kappa shape index (κ3) is 6.56. The Hall–Kier alpha value is -3.56. The molecule has 1 amide bonds. The fourth-order valence-corrected chi connectivity index (χ4v) is 4.21. The number of rotatable bonds is 10. The molecule has 9 nitrogen and oxygen atoms in total. The maximum Gasteiger partial charge on any atom is 0.254 e. The van der Waals surface area contributed by atoms with E-state index in [1.54, 1.807) is 18.5 Å². The molecule has 0 spiro atoms. The minimum atomic E-state index is -0.573. The number of hydrogen-bond donors (Lipinski definition) is 1. The van der Waals surface area contributed by atoms with Crippen LogP contribution in [-0.4, -0.2) is 51.8 Å². The van der Waals surface area contributed by atoms with Crippen molar-refractivity contribution in [3.8, 4) is 17.1 Å². The number of piperidine rings is 1. The molecule has 1 aromatic carbocycles. The van der Waals surface area contributed by atoms with E-state index in [1.165, 1.54) is 12.1 Å². The highest BCUT2D eigenvalue weighted by Gasteiger charge is 2.21. The second-order valence-electron chi connectivity index (χ2n) is 9.33. The van der Waals surface area contributed by atoms with Gasteiger partial charge in [-0.2, -0.15) is 4.98 Å². The Balaban J connectivity index is 1.18. The molecule has 10 heteroatoms. The number of nitrogens with one attached hydrogen (secondary N) is 1. The van der Waals surface area contributed by atoms with Crippen LogP contribution in [0.15, 0.2) is 35.1 Å². The van der Waals surface area contributed by atoms with Crippen LogP contribution in [0.3, 0.4) is 0 Å². The molecule has 36 heavy (non-hydrogen) atoms. The van der Waals surface area contributed by atoms with E-state index < -0.39 is 11.7 Å². The first-order chi connectivity index (χ1) is 17.4. The summed E-state index contributed by atoms with van der Waals surface area (Å²) in [4.78, 5) is 27.5. The lowest BCUT2D eigenvalue weighted by molar-refractivity contribution is 0.0939. The van der Waals surface area contributed by atoms with Crippen molar-refractivity contribution < 1.29 is 18.4 Å². The van der Waals surface area contributed by atoms with Crippen LogP contribution in [-0.2, 0) is 6.42 Å². The Kier molecular flexibility index (Phi) is 8.45. The largest absolute Gasteiger partial charge is 0.493 e. The van der Waals surface area contributed by atoms with Crippen molar-refractivity contribution in [2.24, 2.45) is 5.92 Å². The van der Waals surface area contributed by atoms with E-state index in [1.807, 2.05) is 20.8 Å². The molecule has 2 aromatic heterocycles. The second kappa shape index (κ2) is 11.9. The smallest absolute Gasteiger partial charge is 0.254 e. The van der Waals surface area contributed by atoms with E-state index in [9.17, 15) is 9.18 Å². The van der Waals surface area contributed by atoms with Crippen LogP contribution in [0.5, 0.6) is 5.75 Å². The van der Waals surface area contributed by atoms with Gasteiger partial charge in [-0.25, -0.2) is 14.4 Å². The molecule has 1 fully saturated rings. The van der Waals surface area contributed by atoms with E-state index in [-0.39, 0.29) is 11.6 Å². The van der Waals surface area contributed by atoms with Crippen molar-refractivity contribution >= 4 is 11.9 Å². The first-order valence-corrected chi connectivity index (χ1v) is 12.6. The number of ether oxygens (including phenoxy) is 1. The van der Waals surface area contributed by atoms with Gasteiger partial charge in [-0.3, -0.25) is 4.79 Å². The highest BCUT2D eigenvalue weighted by atomic mass is 19.1. The summed E-state index contributed by atoms with van der Waals surface area (Å²) in [7, 11) is 0. The summed E-state index contributed by atoms with van der Waals surface area (Å²) in [5, 5.41) is 6.66. The lowest BCUT2D eigenvalue weighted by Crippen LogP contribution is -2.34. The molecule has 1 N–H and O–H groups in total. The van der Waals surface area contributed by atoms with Crippen LogP contribution in [0.4, 0.5) is 10.3 Å². The Bertz CT molecular complexity index is 1140. The fourth-order valence-electron chi connectivity index (χ4n) is 4.21. The molecular formula is C26H33FN6O3. The van der Waals surface area contributed by atoms with Gasteiger partial charge in [-0.15, -0.1) is 0 Å². The number of halogens is 1. The maximum absolute atomic E-state index is 14.3. The summed E-state index contributed by atoms with van der Waals surface area (Å²) in [5.41, 5.74) is 0.771. The van der Waals surface area contributed by atoms with Gasteiger partial charge < -0.3 is 19.5 Å². The minimum absolute atomic E-state index is 0.0295. The Morgan fingerprint density at radius 3 is 2.64 bits per heavy atom. The molecule has 3 aromatic rings. The monoisotopic (exact) mass is 496 g/mol. The molecule has 1 aliphatic rings. The number of carbonyl (C=O) groups excluding carboxylic acids is 1. The van der Waals surface area contributed by atoms with Gasteiger partial charge in [0.1, 0.15) is 11.6 Å². The van der Waals surface area contributed by atoms with E-state index >= 15 is 0 Å². The molecular weight excluding hydrogens is 463 g/mol. The number of aryl methyl sites for hydroxylation is 1. The number of hydrogen-bond acceptors (Lipinski definition) is 8. The number of nitrogens with zero attached hydrogens (tertiary/aromatic N) is 5. The number of aromatic nitrogens is 4. The molecule has 0 saturated carbocycles. The first-order valence-electron chi connectivity index (χ1n) is 12.6. The zero-order valence-electron chi connectivity index (χ0n) is 21.0. The van der Waals surface area contributed by atoms with Crippen molar-refractivity contribution in [3.63, 3.8) is 0 Å². The molecule has 0 radical (unpaired) electrons. The molecule has 0 unspecified atom stereocenters. The van der Waals surface area contributed by atoms with Crippen LogP contribution in [0.1, 0.15) is 62.7 Å². The third-order valence-electron chi connectivity index (χ3n) is 6.19. The SMILES string of the molecule is CCc1nc(-c2cnc(N3CCC(CCCOc4ccc(C(=O)NC(C)C)c(F)c4)CC3)nc2)no1. The highest BCUT2D eigenvalue weighted by Crippen LogP contribution is 2.25. The van der Waals surface area contributed by atoms with Gasteiger partial charge in [0.25, 0.3) is 5.91 Å². The van der Waals surface area contributed by atoms with Crippen LogP contribution in [0.2, 0.25) is 0 Å². The summed E-state index contributed by atoms with van der Waals surface area (Å²) >= 11 is 0. The van der Waals surface area contributed by atoms with Gasteiger partial charge in [-0.05, 0) is 57.6 Å². The predicted molar refractivity (Wildman–Crippen MR) is 133 cm³/mol. The van der Waals surface area contributed by atoms with Gasteiger partial charge in [0, 0.05) is 44.0 Å². The van der Waals surface area contributed by atoms with Crippen LogP contribution in [0.25, 0.3) is 11.4 Å². The van der Waals surface area contributed by atoms with Crippen molar-refractivity contribution in [2.75, 3.05) is 24.6 Å². The van der Waals surface area contributed by atoms with Crippen molar-refractivity contribution in [3.05, 3.63) is 47.9 Å². The quantitative estimate of drug-likeness (QED) is 0.411. The van der Waals surface area contributed by atoms with Gasteiger partial charge in [0.15, 0.2) is 0 Å². The van der Waals surface area contributed by atoms with E-state index in [2.05, 4.69) is 30.3 Å². The molecule has 0 aliphatic carbocycles. The fraction of sp³-hybridized carbons (Fsp3) is 0.500. The molecule has 192 valence electrons. The summed E-state index contributed by atoms with van der Waals surface area (Å²) in [6.45, 7) is 7.95. The lowest BCUT2D eigenvalue weighted by atomic mass is 9.92. The Morgan fingerprint density at radius 2 is 2.00 bits per heavy atom. The second-order valence-corrected chi connectivity index (χ2v) is 9.33. The average Bonchev–Trinajstić information content (AvgIpc) is 3.36. The van der Waals surface area contributed by atoms with Gasteiger partial charge in [-0.1, -0.05) is 12.1 Å². The average molecular weight is 497 g/mol. The van der Waals surface area contributed by atoms with E-state index in [0.717, 1.165) is 44.3 Å². The van der Waals surface area contributed by atoms with Crippen molar-refractivity contribution in [2.45, 2.75) is 58.9 Å². The Morgan fingerprint density at radius 1 is 1.25 bits per heavy atom. The Labute approximate surface area is 210 Å². The minimum Gasteiger partial charge on any atom is -0.493 e. The van der Waals surface area contributed by atoms with Gasteiger partial charge in [0.05, 0.1) is 17.7 Å². The number of amides is 1. The summed E-state index contributed by atoms with van der Waals surface area (Å²) in [6.07, 6.45) is 8.22. The lowest BCUT2D eigenvalue weighted by Gasteiger charge is -2.32. The van der Waals surface area contributed by atoms with E-state index in [0.29, 0.717) is 42.4 Å². The standard InChI is InChI=1S/C26H33FN6O3/c1-4-23-31-24(32-36-23)19-15-28-26(29-16-19)33-11-9-18(10-12-33)6-5-13-35-20-7-8-21(22(27)14-20)25(34)30-17(2)3/h7-8,14-18H,4-6,9-13H2,1-3H3,(H,30,34). The van der Waals surface area contributed by atoms with Crippen LogP contribution in [0, 0.1) is 11.7 Å². The summed E-state index contributed by atoms with van der Waals surface area (Å²) in [5.74, 6) is 1.88. The van der Waals surface area contributed by atoms with E-state index in [4.69, 9.17) is 9.26 Å². The predicted octanol–water partition coefficient (Wildman–Crippen LogP) is 4.44. The molecule has 1 saturated heterocycles. The normalized spacial score (nSPS) is 14.3. The van der Waals surface area contributed by atoms with Crippen LogP contribution < -0.4 is 15.0 Å². The van der Waals surface area contributed by atoms with Crippen molar-refractivity contribution in [1.82, 2.24) is 25.4 Å². The molecule has 0 bridgehead atoms. The van der Waals surface area contributed by atoms with Gasteiger partial charge >= 0.3 is 0 Å². The molecule has 3 heterocycles. The molecule has 4 rings (SSSR count). The van der Waals surface area contributed by atoms with Crippen molar-refractivity contribution in [1.29, 1.82) is 0 Å². The zero-order chi connectivity index (χ0) is 25.5. The summed E-state index contributed by atoms with van der Waals surface area (Å²) in [6, 6.07) is 4.34. The first kappa shape index (κ1) is 25.5. The zero-order valence-corrected chi connectivity index (χ0v) is 21.0. The third-order valence-corrected chi connectivity index (χ3v) is 6.19. The maximum atomic E-state index is 14.3. The molecule has 1 aliphatic heterocycles. The van der Waals surface area contributed by atoms with Crippen LogP contribution >= 0.6 is 0 Å². The van der Waals surface area contributed by atoms with Gasteiger partial charge in [0.2, 0.25) is 17.7 Å². The molecule has 0 atom stereocenters. The number of anilines is 1. The summed E-state index contributed by atoms with van der Waals surface area (Å²) < 4.78 is 25.2. The highest BCUT2D eigenvalue weighted by molar-refractivity contribution is 5.94. The topological polar surface area (TPSA) is 106 Å². The number of carbonyl (C=O) groups is 1. The number of benzene rings is 1.